The summed E-state index contributed by atoms with van der Waals surface area (Å²) < 4.78 is 5.46. The topological polar surface area (TPSA) is 87.7 Å². The van der Waals surface area contributed by atoms with Crippen molar-refractivity contribution in [2.24, 2.45) is 0 Å². The van der Waals surface area contributed by atoms with Crippen LogP contribution in [-0.4, -0.2) is 35.9 Å². The minimum absolute atomic E-state index is 0.179. The summed E-state index contributed by atoms with van der Waals surface area (Å²) in [7, 11) is 0. The molecule has 1 aliphatic rings. The quantitative estimate of drug-likeness (QED) is 0.576. The van der Waals surface area contributed by atoms with Gasteiger partial charge in [-0.2, -0.15) is 0 Å². The number of carbonyl (C=O) groups is 3. The van der Waals surface area contributed by atoms with Crippen LogP contribution in [-0.2, 0) is 9.59 Å². The molecule has 1 aliphatic heterocycles. The van der Waals surface area contributed by atoms with E-state index in [1.807, 2.05) is 18.2 Å². The van der Waals surface area contributed by atoms with Gasteiger partial charge in [0, 0.05) is 12.2 Å². The molecule has 3 rings (SSSR count). The van der Waals surface area contributed by atoms with E-state index in [0.717, 1.165) is 4.90 Å². The van der Waals surface area contributed by atoms with Gasteiger partial charge in [0.05, 0.1) is 5.02 Å². The SMILES string of the molecule is CCN1C(=O)N/C(=C/c2ccc(OCC(=O)Nc3ccccc3)c(Cl)c2)C1=O. The Morgan fingerprint density at radius 2 is 1.96 bits per heavy atom. The van der Waals surface area contributed by atoms with Gasteiger partial charge >= 0.3 is 6.03 Å². The molecule has 0 spiro atoms. The molecule has 2 N–H and O–H groups in total. The monoisotopic (exact) mass is 399 g/mol. The van der Waals surface area contributed by atoms with Gasteiger partial charge in [-0.3, -0.25) is 14.5 Å². The molecule has 0 saturated carbocycles. The van der Waals surface area contributed by atoms with E-state index in [1.165, 1.54) is 6.08 Å². The van der Waals surface area contributed by atoms with Gasteiger partial charge in [-0.05, 0) is 42.8 Å². The Balaban J connectivity index is 1.63. The predicted molar refractivity (Wildman–Crippen MR) is 106 cm³/mol. The fourth-order valence-corrected chi connectivity index (χ4v) is 2.85. The third-order valence-electron chi connectivity index (χ3n) is 3.96. The fraction of sp³-hybridized carbons (Fsp3) is 0.150. The molecule has 0 aromatic heterocycles. The molecular formula is C20H18ClN3O4. The first-order chi connectivity index (χ1) is 13.5. The molecule has 8 heteroatoms. The second-order valence-corrected chi connectivity index (χ2v) is 6.34. The predicted octanol–water partition coefficient (Wildman–Crippen LogP) is 3.27. The Morgan fingerprint density at radius 1 is 1.21 bits per heavy atom. The van der Waals surface area contributed by atoms with Crippen LogP contribution in [0.25, 0.3) is 6.08 Å². The van der Waals surface area contributed by atoms with Gasteiger partial charge in [-0.1, -0.05) is 35.9 Å². The summed E-state index contributed by atoms with van der Waals surface area (Å²) in [4.78, 5) is 36.8. The summed E-state index contributed by atoms with van der Waals surface area (Å²) >= 11 is 6.21. The number of nitrogens with zero attached hydrogens (tertiary/aromatic N) is 1. The first-order valence-electron chi connectivity index (χ1n) is 8.59. The molecule has 0 radical (unpaired) electrons. The lowest BCUT2D eigenvalue weighted by Gasteiger charge is -2.09. The van der Waals surface area contributed by atoms with Crippen LogP contribution < -0.4 is 15.4 Å². The summed E-state index contributed by atoms with van der Waals surface area (Å²) in [5, 5.41) is 5.52. The number of amides is 4. The number of ether oxygens (including phenoxy) is 1. The summed E-state index contributed by atoms with van der Waals surface area (Å²) in [6.45, 7) is 1.81. The minimum atomic E-state index is -0.450. The van der Waals surface area contributed by atoms with Crippen molar-refractivity contribution in [1.29, 1.82) is 0 Å². The molecule has 28 heavy (non-hydrogen) atoms. The molecule has 4 amide bonds. The standard InChI is InChI=1S/C20H18ClN3O4/c1-2-24-19(26)16(23-20(24)27)11-13-8-9-17(15(21)10-13)28-12-18(25)22-14-6-4-3-5-7-14/h3-11H,2,12H2,1H3,(H,22,25)(H,23,27)/b16-11+. The minimum Gasteiger partial charge on any atom is -0.482 e. The first kappa shape index (κ1) is 19.4. The highest BCUT2D eigenvalue weighted by atomic mass is 35.5. The number of hydrogen-bond acceptors (Lipinski definition) is 4. The smallest absolute Gasteiger partial charge is 0.328 e. The first-order valence-corrected chi connectivity index (χ1v) is 8.97. The van der Waals surface area contributed by atoms with Gasteiger partial charge < -0.3 is 15.4 Å². The van der Waals surface area contributed by atoms with Crippen molar-refractivity contribution in [3.63, 3.8) is 0 Å². The highest BCUT2D eigenvalue weighted by molar-refractivity contribution is 6.32. The van der Waals surface area contributed by atoms with E-state index in [-0.39, 0.29) is 29.1 Å². The molecule has 0 bridgehead atoms. The Labute approximate surface area is 166 Å². The molecule has 1 fully saturated rings. The van der Waals surface area contributed by atoms with Crippen molar-refractivity contribution in [2.45, 2.75) is 6.92 Å². The number of imide groups is 1. The van der Waals surface area contributed by atoms with Gasteiger partial charge in [-0.15, -0.1) is 0 Å². The van der Waals surface area contributed by atoms with Crippen molar-refractivity contribution < 1.29 is 19.1 Å². The second-order valence-electron chi connectivity index (χ2n) is 5.93. The molecule has 0 atom stereocenters. The van der Waals surface area contributed by atoms with Gasteiger partial charge in [0.1, 0.15) is 11.4 Å². The third kappa shape index (κ3) is 4.50. The molecule has 1 saturated heterocycles. The maximum absolute atomic E-state index is 12.1. The van der Waals surface area contributed by atoms with Crippen molar-refractivity contribution >= 4 is 41.2 Å². The third-order valence-corrected chi connectivity index (χ3v) is 4.26. The average Bonchev–Trinajstić information content (AvgIpc) is 2.94. The lowest BCUT2D eigenvalue weighted by atomic mass is 10.2. The number of anilines is 1. The summed E-state index contributed by atoms with van der Waals surface area (Å²) in [5.74, 6) is -0.363. The van der Waals surface area contributed by atoms with Crippen LogP contribution in [0, 0.1) is 0 Å². The van der Waals surface area contributed by atoms with Gasteiger partial charge in [0.2, 0.25) is 0 Å². The van der Waals surface area contributed by atoms with E-state index in [2.05, 4.69) is 10.6 Å². The average molecular weight is 400 g/mol. The highest BCUT2D eigenvalue weighted by Crippen LogP contribution is 2.27. The number of likely N-dealkylation sites (N-methyl/N-ethyl adjacent to an activating group) is 1. The van der Waals surface area contributed by atoms with E-state index in [9.17, 15) is 14.4 Å². The van der Waals surface area contributed by atoms with Crippen LogP contribution in [0.3, 0.4) is 0 Å². The summed E-state index contributed by atoms with van der Waals surface area (Å²) in [6, 6.07) is 13.5. The second kappa shape index (κ2) is 8.58. The van der Waals surface area contributed by atoms with E-state index in [1.54, 1.807) is 37.3 Å². The normalized spacial score (nSPS) is 14.9. The molecule has 2 aromatic carbocycles. The van der Waals surface area contributed by atoms with Crippen molar-refractivity contribution in [3.05, 3.63) is 64.8 Å². The molecule has 144 valence electrons. The van der Waals surface area contributed by atoms with Crippen LogP contribution >= 0.6 is 11.6 Å². The van der Waals surface area contributed by atoms with E-state index in [0.29, 0.717) is 23.5 Å². The molecule has 2 aromatic rings. The molecule has 7 nitrogen and oxygen atoms in total. The number of hydrogen-bond donors (Lipinski definition) is 2. The maximum atomic E-state index is 12.1. The van der Waals surface area contributed by atoms with Gasteiger partial charge in [0.25, 0.3) is 11.8 Å². The Bertz CT molecular complexity index is 944. The van der Waals surface area contributed by atoms with E-state index < -0.39 is 6.03 Å². The van der Waals surface area contributed by atoms with Gasteiger partial charge in [-0.25, -0.2) is 4.79 Å². The lowest BCUT2D eigenvalue weighted by molar-refractivity contribution is -0.122. The number of nitrogens with one attached hydrogen (secondary N) is 2. The van der Waals surface area contributed by atoms with Crippen molar-refractivity contribution in [1.82, 2.24) is 10.2 Å². The highest BCUT2D eigenvalue weighted by Gasteiger charge is 2.31. The van der Waals surface area contributed by atoms with Crippen LogP contribution in [0.5, 0.6) is 5.75 Å². The molecule has 0 unspecified atom stereocenters. The zero-order chi connectivity index (χ0) is 20.1. The number of urea groups is 1. The van der Waals surface area contributed by atoms with Crippen LogP contribution in [0.4, 0.5) is 10.5 Å². The number of halogens is 1. The molecular weight excluding hydrogens is 382 g/mol. The molecule has 1 heterocycles. The fourth-order valence-electron chi connectivity index (χ4n) is 2.61. The Hall–Kier alpha value is -3.32. The summed E-state index contributed by atoms with van der Waals surface area (Å²) in [5.41, 5.74) is 1.47. The number of benzene rings is 2. The van der Waals surface area contributed by atoms with E-state index in [4.69, 9.17) is 16.3 Å². The zero-order valence-electron chi connectivity index (χ0n) is 15.1. The zero-order valence-corrected chi connectivity index (χ0v) is 15.8. The number of para-hydroxylation sites is 1. The van der Waals surface area contributed by atoms with Crippen molar-refractivity contribution in [2.75, 3.05) is 18.5 Å². The number of rotatable bonds is 6. The Kier molecular flexibility index (Phi) is 5.96. The van der Waals surface area contributed by atoms with Crippen LogP contribution in [0.15, 0.2) is 54.2 Å². The lowest BCUT2D eigenvalue weighted by Crippen LogP contribution is -2.30. The number of carbonyl (C=O) groups excluding carboxylic acids is 3. The van der Waals surface area contributed by atoms with E-state index >= 15 is 0 Å². The largest absolute Gasteiger partial charge is 0.482 e. The van der Waals surface area contributed by atoms with Crippen molar-refractivity contribution in [3.8, 4) is 5.75 Å². The van der Waals surface area contributed by atoms with Crippen LogP contribution in [0.1, 0.15) is 12.5 Å². The Morgan fingerprint density at radius 3 is 2.61 bits per heavy atom. The molecule has 0 aliphatic carbocycles. The van der Waals surface area contributed by atoms with Crippen LogP contribution in [0.2, 0.25) is 5.02 Å². The summed E-state index contributed by atoms with van der Waals surface area (Å²) in [6.07, 6.45) is 1.54. The van der Waals surface area contributed by atoms with Gasteiger partial charge in [0.15, 0.2) is 6.61 Å². The maximum Gasteiger partial charge on any atom is 0.328 e.